The molecule has 57 heavy (non-hydrogen) atoms. The zero-order chi connectivity index (χ0) is 37.7. The van der Waals surface area contributed by atoms with Crippen LogP contribution in [-0.2, 0) is 0 Å². The summed E-state index contributed by atoms with van der Waals surface area (Å²) >= 11 is 0. The Morgan fingerprint density at radius 1 is 0.281 bits per heavy atom. The second-order valence-corrected chi connectivity index (χ2v) is 14.4. The Kier molecular flexibility index (Phi) is 7.78. The van der Waals surface area contributed by atoms with Crippen LogP contribution in [0.4, 0.5) is 0 Å². The number of rotatable bonds is 6. The van der Waals surface area contributed by atoms with Crippen molar-refractivity contribution >= 4 is 43.4 Å². The maximum atomic E-state index is 5.21. The van der Waals surface area contributed by atoms with E-state index in [0.717, 1.165) is 49.8 Å². The fraction of sp³-hybridized carbons (Fsp3) is 0. The molecule has 0 saturated heterocycles. The molecule has 11 aromatic rings. The number of hydrogen-bond donors (Lipinski definition) is 0. The Labute approximate surface area is 330 Å². The van der Waals surface area contributed by atoms with Crippen LogP contribution in [0.15, 0.2) is 206 Å². The Morgan fingerprint density at radius 2 is 0.754 bits per heavy atom. The van der Waals surface area contributed by atoms with Crippen LogP contribution in [-0.4, -0.2) is 19.5 Å². The lowest BCUT2D eigenvalue weighted by atomic mass is 9.91. The van der Waals surface area contributed by atoms with Crippen molar-refractivity contribution in [2.45, 2.75) is 0 Å². The highest BCUT2D eigenvalue weighted by Gasteiger charge is 2.19. The smallest absolute Gasteiger partial charge is 0.164 e. The predicted molar refractivity (Wildman–Crippen MR) is 236 cm³/mol. The molecule has 4 nitrogen and oxygen atoms in total. The molecule has 2 heterocycles. The summed E-state index contributed by atoms with van der Waals surface area (Å²) in [5, 5.41) is 7.13. The van der Waals surface area contributed by atoms with Crippen molar-refractivity contribution in [1.82, 2.24) is 19.5 Å². The van der Waals surface area contributed by atoms with Crippen molar-refractivity contribution in [3.8, 4) is 62.1 Å². The summed E-state index contributed by atoms with van der Waals surface area (Å²) in [6.07, 6.45) is 0. The van der Waals surface area contributed by atoms with E-state index >= 15 is 0 Å². The first-order valence-electron chi connectivity index (χ1n) is 19.3. The molecule has 0 N–H and O–H groups in total. The van der Waals surface area contributed by atoms with E-state index in [4.69, 9.17) is 15.0 Å². The van der Waals surface area contributed by atoms with E-state index in [0.29, 0.717) is 17.5 Å². The topological polar surface area (TPSA) is 43.6 Å². The quantitative estimate of drug-likeness (QED) is 0.171. The summed E-state index contributed by atoms with van der Waals surface area (Å²) in [6.45, 7) is 0. The van der Waals surface area contributed by atoms with Crippen LogP contribution in [0.3, 0.4) is 0 Å². The highest BCUT2D eigenvalue weighted by molar-refractivity contribution is 6.21. The summed E-state index contributed by atoms with van der Waals surface area (Å²) in [5.41, 5.74) is 11.0. The average molecular weight is 727 g/mol. The average Bonchev–Trinajstić information content (AvgIpc) is 3.64. The van der Waals surface area contributed by atoms with Gasteiger partial charge in [0.25, 0.3) is 0 Å². The Hall–Kier alpha value is -7.69. The third-order valence-corrected chi connectivity index (χ3v) is 11.1. The van der Waals surface area contributed by atoms with Gasteiger partial charge in [-0.2, -0.15) is 0 Å². The molecule has 0 atom stereocenters. The van der Waals surface area contributed by atoms with E-state index < -0.39 is 0 Å². The summed E-state index contributed by atoms with van der Waals surface area (Å²) < 4.78 is 2.41. The van der Waals surface area contributed by atoms with Crippen LogP contribution < -0.4 is 0 Å². The highest BCUT2D eigenvalue weighted by Crippen LogP contribution is 2.42. The van der Waals surface area contributed by atoms with E-state index in [-0.39, 0.29) is 0 Å². The normalized spacial score (nSPS) is 11.5. The van der Waals surface area contributed by atoms with Crippen LogP contribution in [0.25, 0.3) is 105 Å². The molecule has 0 aliphatic heterocycles. The Balaban J connectivity index is 1.11. The SMILES string of the molecule is c1ccc(-c2cccc(-c3nc(-c4ccccc4)nc(-c4ccc(-c5cccc6c5ccc5c7ccccc7n(-c7ccccc7)c65)c5ccccc45)n3)c2)cc1. The minimum absolute atomic E-state index is 0.636. The molecule has 0 bridgehead atoms. The molecule has 0 radical (unpaired) electrons. The molecule has 0 aliphatic rings. The zero-order valence-corrected chi connectivity index (χ0v) is 30.9. The Bertz CT molecular complexity index is 3280. The number of hydrogen-bond acceptors (Lipinski definition) is 3. The van der Waals surface area contributed by atoms with E-state index in [2.05, 4.69) is 187 Å². The van der Waals surface area contributed by atoms with Gasteiger partial charge in [0.15, 0.2) is 17.5 Å². The van der Waals surface area contributed by atoms with Gasteiger partial charge >= 0.3 is 0 Å². The van der Waals surface area contributed by atoms with Gasteiger partial charge in [0, 0.05) is 38.5 Å². The zero-order valence-electron chi connectivity index (χ0n) is 30.9. The van der Waals surface area contributed by atoms with Crippen LogP contribution in [0.1, 0.15) is 0 Å². The third-order valence-electron chi connectivity index (χ3n) is 11.1. The Morgan fingerprint density at radius 3 is 1.53 bits per heavy atom. The molecule has 0 spiro atoms. The van der Waals surface area contributed by atoms with Gasteiger partial charge in [-0.1, -0.05) is 176 Å². The second-order valence-electron chi connectivity index (χ2n) is 14.4. The monoisotopic (exact) mass is 726 g/mol. The van der Waals surface area contributed by atoms with E-state index in [9.17, 15) is 0 Å². The summed E-state index contributed by atoms with van der Waals surface area (Å²) in [4.78, 5) is 15.4. The molecular weight excluding hydrogens is 693 g/mol. The van der Waals surface area contributed by atoms with Gasteiger partial charge in [0.05, 0.1) is 11.0 Å². The van der Waals surface area contributed by atoms with E-state index in [1.54, 1.807) is 0 Å². The molecule has 266 valence electrons. The molecule has 0 saturated carbocycles. The van der Waals surface area contributed by atoms with Gasteiger partial charge in [-0.25, -0.2) is 15.0 Å². The van der Waals surface area contributed by atoms with Gasteiger partial charge in [-0.3, -0.25) is 0 Å². The fourth-order valence-corrected chi connectivity index (χ4v) is 8.44. The number of aromatic nitrogens is 4. The molecule has 0 aliphatic carbocycles. The van der Waals surface area contributed by atoms with Gasteiger partial charge in [-0.05, 0) is 68.7 Å². The summed E-state index contributed by atoms with van der Waals surface area (Å²) in [5.74, 6) is 1.91. The number of benzene rings is 9. The second kappa shape index (κ2) is 13.6. The van der Waals surface area contributed by atoms with Crippen molar-refractivity contribution in [2.24, 2.45) is 0 Å². The lowest BCUT2D eigenvalue weighted by Crippen LogP contribution is -2.01. The number of nitrogens with zero attached hydrogens (tertiary/aromatic N) is 4. The maximum absolute atomic E-state index is 5.21. The minimum atomic E-state index is 0.636. The first-order chi connectivity index (χ1) is 28.3. The van der Waals surface area contributed by atoms with Crippen LogP contribution in [0.2, 0.25) is 0 Å². The largest absolute Gasteiger partial charge is 0.309 e. The van der Waals surface area contributed by atoms with Crippen molar-refractivity contribution in [3.63, 3.8) is 0 Å². The van der Waals surface area contributed by atoms with Gasteiger partial charge in [0.2, 0.25) is 0 Å². The standard InChI is InChI=1S/C53H34N4/c1-4-16-35(17-5-1)37-20-14-21-38(34-37)52-54-51(36-18-6-2-7-19-36)55-53(56-52)48-33-31-43(40-24-10-11-25-42(40)48)41-27-15-28-46-44(41)30-32-47-45-26-12-13-29-49(45)57(50(46)47)39-22-8-3-9-23-39/h1-34H. The number of fused-ring (bicyclic) bond motifs is 6. The van der Waals surface area contributed by atoms with Crippen molar-refractivity contribution in [2.75, 3.05) is 0 Å². The van der Waals surface area contributed by atoms with Crippen LogP contribution in [0.5, 0.6) is 0 Å². The molecule has 0 amide bonds. The van der Waals surface area contributed by atoms with Crippen molar-refractivity contribution in [3.05, 3.63) is 206 Å². The maximum Gasteiger partial charge on any atom is 0.164 e. The van der Waals surface area contributed by atoms with Crippen LogP contribution >= 0.6 is 0 Å². The molecule has 11 rings (SSSR count). The van der Waals surface area contributed by atoms with E-state index in [1.165, 1.54) is 38.1 Å². The first-order valence-corrected chi connectivity index (χ1v) is 19.3. The number of para-hydroxylation sites is 2. The molecule has 0 fully saturated rings. The van der Waals surface area contributed by atoms with Crippen molar-refractivity contribution in [1.29, 1.82) is 0 Å². The molecular formula is C53H34N4. The fourth-order valence-electron chi connectivity index (χ4n) is 8.44. The molecule has 4 heteroatoms. The summed E-state index contributed by atoms with van der Waals surface area (Å²) in [7, 11) is 0. The van der Waals surface area contributed by atoms with E-state index in [1.807, 2.05) is 24.3 Å². The predicted octanol–water partition coefficient (Wildman–Crippen LogP) is 13.6. The third kappa shape index (κ3) is 5.58. The lowest BCUT2D eigenvalue weighted by Gasteiger charge is -2.15. The molecule has 2 aromatic heterocycles. The first kappa shape index (κ1) is 32.7. The lowest BCUT2D eigenvalue weighted by molar-refractivity contribution is 1.08. The van der Waals surface area contributed by atoms with Gasteiger partial charge in [-0.15, -0.1) is 0 Å². The highest BCUT2D eigenvalue weighted by atomic mass is 15.0. The minimum Gasteiger partial charge on any atom is -0.309 e. The van der Waals surface area contributed by atoms with Gasteiger partial charge < -0.3 is 4.57 Å². The summed E-state index contributed by atoms with van der Waals surface area (Å²) in [6, 6.07) is 72.8. The molecule has 9 aromatic carbocycles. The van der Waals surface area contributed by atoms with Crippen LogP contribution in [0, 0.1) is 0 Å². The molecule has 0 unspecified atom stereocenters. The van der Waals surface area contributed by atoms with Gasteiger partial charge in [0.1, 0.15) is 0 Å². The van der Waals surface area contributed by atoms with Crippen molar-refractivity contribution < 1.29 is 0 Å².